The maximum absolute atomic E-state index is 13.8. The highest BCUT2D eigenvalue weighted by Crippen LogP contribution is 2.27. The Bertz CT molecular complexity index is 421. The molecule has 0 aromatic heterocycles. The third-order valence-electron chi connectivity index (χ3n) is 3.90. The van der Waals surface area contributed by atoms with E-state index in [4.69, 9.17) is 5.73 Å². The van der Waals surface area contributed by atoms with Gasteiger partial charge in [0, 0.05) is 31.4 Å². The lowest BCUT2D eigenvalue weighted by Crippen LogP contribution is -2.50. The summed E-state index contributed by atoms with van der Waals surface area (Å²) in [4.78, 5) is 4.67. The van der Waals surface area contributed by atoms with Gasteiger partial charge in [-0.1, -0.05) is 0 Å². The van der Waals surface area contributed by atoms with Gasteiger partial charge in [0.1, 0.15) is 5.82 Å². The summed E-state index contributed by atoms with van der Waals surface area (Å²) in [5, 5.41) is 0. The Hall–Kier alpha value is -1.29. The summed E-state index contributed by atoms with van der Waals surface area (Å²) in [5.74, 6) is -0.198. The van der Waals surface area contributed by atoms with Crippen molar-refractivity contribution in [1.29, 1.82) is 0 Å². The van der Waals surface area contributed by atoms with Crippen molar-refractivity contribution in [1.82, 2.24) is 4.90 Å². The highest BCUT2D eigenvalue weighted by atomic mass is 19.1. The minimum atomic E-state index is -0.198. The van der Waals surface area contributed by atoms with E-state index >= 15 is 0 Å². The van der Waals surface area contributed by atoms with E-state index in [1.807, 2.05) is 0 Å². The Morgan fingerprint density at radius 3 is 2.94 bits per heavy atom. The van der Waals surface area contributed by atoms with E-state index < -0.39 is 0 Å². The van der Waals surface area contributed by atoms with Crippen LogP contribution < -0.4 is 10.6 Å². The standard InChI is InChI=1S/C13H18FN3/c14-12-8-10(15)3-4-13(12)17-7-6-16-5-1-2-11(16)9-17/h3-4,8,11H,1-2,5-7,9,15H2. The molecule has 0 radical (unpaired) electrons. The molecule has 1 unspecified atom stereocenters. The zero-order valence-electron chi connectivity index (χ0n) is 9.90. The number of hydrogen-bond acceptors (Lipinski definition) is 3. The largest absolute Gasteiger partial charge is 0.399 e. The Labute approximate surface area is 101 Å². The zero-order valence-corrected chi connectivity index (χ0v) is 9.90. The van der Waals surface area contributed by atoms with Crippen LogP contribution in [0.15, 0.2) is 18.2 Å². The first kappa shape index (κ1) is 10.8. The first-order valence-corrected chi connectivity index (χ1v) is 6.28. The van der Waals surface area contributed by atoms with Crippen molar-refractivity contribution in [2.24, 2.45) is 0 Å². The lowest BCUT2D eigenvalue weighted by molar-refractivity contribution is 0.230. The van der Waals surface area contributed by atoms with Crippen LogP contribution >= 0.6 is 0 Å². The van der Waals surface area contributed by atoms with Gasteiger partial charge in [-0.15, -0.1) is 0 Å². The van der Waals surface area contributed by atoms with Crippen LogP contribution in [-0.4, -0.2) is 37.1 Å². The molecule has 92 valence electrons. The molecule has 17 heavy (non-hydrogen) atoms. The SMILES string of the molecule is Nc1ccc(N2CCN3CCCC3C2)c(F)c1. The highest BCUT2D eigenvalue weighted by molar-refractivity contribution is 5.55. The molecule has 2 saturated heterocycles. The second-order valence-corrected chi connectivity index (χ2v) is 4.99. The first-order chi connectivity index (χ1) is 8.24. The quantitative estimate of drug-likeness (QED) is 0.752. The van der Waals surface area contributed by atoms with Crippen LogP contribution in [0.25, 0.3) is 0 Å². The molecule has 0 saturated carbocycles. The van der Waals surface area contributed by atoms with Crippen LogP contribution in [0.5, 0.6) is 0 Å². The Kier molecular flexibility index (Phi) is 2.67. The van der Waals surface area contributed by atoms with E-state index in [2.05, 4.69) is 9.80 Å². The van der Waals surface area contributed by atoms with Gasteiger partial charge < -0.3 is 10.6 Å². The summed E-state index contributed by atoms with van der Waals surface area (Å²) < 4.78 is 13.8. The molecule has 2 aliphatic rings. The second-order valence-electron chi connectivity index (χ2n) is 4.99. The third-order valence-corrected chi connectivity index (χ3v) is 3.90. The summed E-state index contributed by atoms with van der Waals surface area (Å²) in [7, 11) is 0. The minimum absolute atomic E-state index is 0.198. The first-order valence-electron chi connectivity index (χ1n) is 6.28. The average Bonchev–Trinajstić information content (AvgIpc) is 2.75. The molecule has 2 heterocycles. The fourth-order valence-corrected chi connectivity index (χ4v) is 2.99. The van der Waals surface area contributed by atoms with E-state index in [-0.39, 0.29) is 5.82 Å². The number of nitrogens with two attached hydrogens (primary N) is 1. The van der Waals surface area contributed by atoms with Crippen LogP contribution in [0.3, 0.4) is 0 Å². The summed E-state index contributed by atoms with van der Waals surface area (Å²) >= 11 is 0. The molecule has 1 atom stereocenters. The van der Waals surface area contributed by atoms with Crippen molar-refractivity contribution in [3.8, 4) is 0 Å². The molecule has 0 amide bonds. The van der Waals surface area contributed by atoms with Crippen LogP contribution in [0.1, 0.15) is 12.8 Å². The van der Waals surface area contributed by atoms with Gasteiger partial charge in [0.15, 0.2) is 0 Å². The van der Waals surface area contributed by atoms with Gasteiger partial charge in [-0.2, -0.15) is 0 Å². The van der Waals surface area contributed by atoms with Crippen molar-refractivity contribution in [2.75, 3.05) is 36.8 Å². The zero-order chi connectivity index (χ0) is 11.8. The molecule has 1 aromatic rings. The van der Waals surface area contributed by atoms with E-state index in [0.29, 0.717) is 17.4 Å². The second kappa shape index (κ2) is 4.18. The normalized spacial score (nSPS) is 25.0. The molecule has 4 heteroatoms. The van der Waals surface area contributed by atoms with E-state index in [0.717, 1.165) is 19.6 Å². The maximum atomic E-state index is 13.8. The van der Waals surface area contributed by atoms with Gasteiger partial charge in [-0.3, -0.25) is 4.90 Å². The number of nitrogen functional groups attached to an aromatic ring is 1. The molecule has 3 rings (SSSR count). The lowest BCUT2D eigenvalue weighted by Gasteiger charge is -2.38. The highest BCUT2D eigenvalue weighted by Gasteiger charge is 2.31. The maximum Gasteiger partial charge on any atom is 0.148 e. The summed E-state index contributed by atoms with van der Waals surface area (Å²) in [6, 6.07) is 5.60. The molecule has 1 aromatic carbocycles. The Morgan fingerprint density at radius 2 is 2.12 bits per heavy atom. The molecule has 3 nitrogen and oxygen atoms in total. The summed E-state index contributed by atoms with van der Waals surface area (Å²) in [6.45, 7) is 4.12. The van der Waals surface area contributed by atoms with Crippen LogP contribution in [-0.2, 0) is 0 Å². The number of benzene rings is 1. The van der Waals surface area contributed by atoms with E-state index in [9.17, 15) is 4.39 Å². The molecule has 0 spiro atoms. The third kappa shape index (κ3) is 1.97. The van der Waals surface area contributed by atoms with Crippen molar-refractivity contribution >= 4 is 11.4 Å². The van der Waals surface area contributed by atoms with Crippen molar-refractivity contribution < 1.29 is 4.39 Å². The van der Waals surface area contributed by atoms with Crippen molar-refractivity contribution in [2.45, 2.75) is 18.9 Å². The van der Waals surface area contributed by atoms with Crippen molar-refractivity contribution in [3.63, 3.8) is 0 Å². The van der Waals surface area contributed by atoms with Crippen LogP contribution in [0.2, 0.25) is 0 Å². The molecule has 2 N–H and O–H groups in total. The van der Waals surface area contributed by atoms with Gasteiger partial charge >= 0.3 is 0 Å². The Morgan fingerprint density at radius 1 is 1.24 bits per heavy atom. The van der Waals surface area contributed by atoms with Gasteiger partial charge in [0.05, 0.1) is 5.69 Å². The molecule has 0 aliphatic carbocycles. The van der Waals surface area contributed by atoms with Gasteiger partial charge in [-0.05, 0) is 37.6 Å². The fraction of sp³-hybridized carbons (Fsp3) is 0.538. The summed E-state index contributed by atoms with van der Waals surface area (Å²) in [5.41, 5.74) is 6.77. The summed E-state index contributed by atoms with van der Waals surface area (Å²) in [6.07, 6.45) is 2.52. The number of anilines is 2. The number of halogens is 1. The molecule has 2 fully saturated rings. The molecular formula is C13H18FN3. The van der Waals surface area contributed by atoms with E-state index in [1.54, 1.807) is 12.1 Å². The average molecular weight is 235 g/mol. The van der Waals surface area contributed by atoms with Gasteiger partial charge in [0.2, 0.25) is 0 Å². The minimum Gasteiger partial charge on any atom is -0.399 e. The van der Waals surface area contributed by atoms with Crippen molar-refractivity contribution in [3.05, 3.63) is 24.0 Å². The van der Waals surface area contributed by atoms with Gasteiger partial charge in [-0.25, -0.2) is 4.39 Å². The number of piperazine rings is 1. The van der Waals surface area contributed by atoms with Crippen LogP contribution in [0, 0.1) is 5.82 Å². The fourth-order valence-electron chi connectivity index (χ4n) is 2.99. The predicted octanol–water partition coefficient (Wildman–Crippen LogP) is 1.69. The Balaban J connectivity index is 1.80. The van der Waals surface area contributed by atoms with Gasteiger partial charge in [0.25, 0.3) is 0 Å². The smallest absolute Gasteiger partial charge is 0.148 e. The topological polar surface area (TPSA) is 32.5 Å². The molecule has 2 aliphatic heterocycles. The van der Waals surface area contributed by atoms with E-state index in [1.165, 1.54) is 25.5 Å². The lowest BCUT2D eigenvalue weighted by atomic mass is 10.1. The molecule has 0 bridgehead atoms. The number of fused-ring (bicyclic) bond motifs is 1. The number of hydrogen-bond donors (Lipinski definition) is 1. The number of rotatable bonds is 1. The monoisotopic (exact) mass is 235 g/mol. The molecular weight excluding hydrogens is 217 g/mol. The van der Waals surface area contributed by atoms with Crippen LogP contribution in [0.4, 0.5) is 15.8 Å². The number of nitrogens with zero attached hydrogens (tertiary/aromatic N) is 2. The predicted molar refractivity (Wildman–Crippen MR) is 67.6 cm³/mol.